The molecule has 0 aromatic carbocycles. The van der Waals surface area contributed by atoms with Gasteiger partial charge in [0.2, 0.25) is 11.6 Å². The van der Waals surface area contributed by atoms with E-state index in [1.54, 1.807) is 19.9 Å². The third-order valence-corrected chi connectivity index (χ3v) is 4.64. The maximum atomic E-state index is 12.4. The van der Waals surface area contributed by atoms with Gasteiger partial charge in [-0.3, -0.25) is 9.59 Å². The van der Waals surface area contributed by atoms with Crippen molar-refractivity contribution < 1.29 is 24.5 Å². The molecule has 1 saturated heterocycles. The molecule has 19 heavy (non-hydrogen) atoms. The van der Waals surface area contributed by atoms with E-state index >= 15 is 0 Å². The molecule has 3 aliphatic rings. The molecule has 2 aliphatic carbocycles. The standard InChI is InChI=1S/C14H16O5/c1-3-4-8-5-10(16)13-6-9(13)12(2,7-15)19-14(13,18)11(8)17/h3-5,9,15,18H,6-7H2,1-2H3/b4-3+/t9-,12-,13-,14+/m0/s1. The molecule has 5 nitrogen and oxygen atoms in total. The second-order valence-corrected chi connectivity index (χ2v) is 5.74. The second-order valence-electron chi connectivity index (χ2n) is 5.74. The van der Waals surface area contributed by atoms with E-state index in [4.69, 9.17) is 4.74 Å². The van der Waals surface area contributed by atoms with Crippen molar-refractivity contribution in [2.75, 3.05) is 6.61 Å². The van der Waals surface area contributed by atoms with Gasteiger partial charge < -0.3 is 14.9 Å². The van der Waals surface area contributed by atoms with Gasteiger partial charge in [-0.15, -0.1) is 0 Å². The molecule has 1 heterocycles. The summed E-state index contributed by atoms with van der Waals surface area (Å²) in [5.41, 5.74) is -2.08. The Balaban J connectivity index is 2.13. The van der Waals surface area contributed by atoms with Crippen LogP contribution < -0.4 is 0 Å². The zero-order chi connectivity index (χ0) is 14.1. The Morgan fingerprint density at radius 1 is 1.53 bits per heavy atom. The van der Waals surface area contributed by atoms with E-state index in [1.807, 2.05) is 0 Å². The summed E-state index contributed by atoms with van der Waals surface area (Å²) in [5, 5.41) is 20.1. The zero-order valence-corrected chi connectivity index (χ0v) is 10.8. The van der Waals surface area contributed by atoms with Gasteiger partial charge in [0.15, 0.2) is 5.78 Å². The lowest BCUT2D eigenvalue weighted by atomic mass is 9.77. The number of rotatable bonds is 2. The number of allylic oxidation sites excluding steroid dienone is 3. The molecule has 0 unspecified atom stereocenters. The fourth-order valence-electron chi connectivity index (χ4n) is 3.54. The first-order valence-electron chi connectivity index (χ1n) is 6.33. The highest BCUT2D eigenvalue weighted by molar-refractivity contribution is 6.18. The summed E-state index contributed by atoms with van der Waals surface area (Å²) in [7, 11) is 0. The minimum absolute atomic E-state index is 0.147. The SMILES string of the molecule is C/C=C/C1=CC(=O)[C@]23C[C@H]2[C@](C)(CO)O[C@]3(O)C1=O. The van der Waals surface area contributed by atoms with Gasteiger partial charge in [-0.25, -0.2) is 0 Å². The van der Waals surface area contributed by atoms with Gasteiger partial charge in [-0.2, -0.15) is 0 Å². The minimum atomic E-state index is -2.13. The summed E-state index contributed by atoms with van der Waals surface area (Å²) in [5.74, 6) is -3.32. The van der Waals surface area contributed by atoms with E-state index in [2.05, 4.69) is 0 Å². The third kappa shape index (κ3) is 1.21. The number of carbonyl (C=O) groups is 2. The zero-order valence-electron chi connectivity index (χ0n) is 10.8. The molecule has 0 aromatic heterocycles. The number of Topliss-reactive ketones (excluding diaryl/α,β-unsaturated/α-hetero) is 1. The van der Waals surface area contributed by atoms with Crippen molar-refractivity contribution in [3.63, 3.8) is 0 Å². The first-order valence-corrected chi connectivity index (χ1v) is 6.33. The van der Waals surface area contributed by atoms with Gasteiger partial charge in [0.25, 0.3) is 0 Å². The highest BCUT2D eigenvalue weighted by atomic mass is 16.7. The molecule has 4 atom stereocenters. The topological polar surface area (TPSA) is 83.8 Å². The van der Waals surface area contributed by atoms with Crippen LogP contribution in [0.2, 0.25) is 0 Å². The second kappa shape index (κ2) is 3.42. The average Bonchev–Trinajstić information content (AvgIpc) is 3.09. The average molecular weight is 264 g/mol. The number of carbonyl (C=O) groups excluding carboxylic acids is 2. The lowest BCUT2D eigenvalue weighted by molar-refractivity contribution is -0.247. The summed E-state index contributed by atoms with van der Waals surface area (Å²) < 4.78 is 5.46. The molecule has 2 fully saturated rings. The summed E-state index contributed by atoms with van der Waals surface area (Å²) >= 11 is 0. The molecule has 0 aromatic rings. The quantitative estimate of drug-likeness (QED) is 0.740. The molecule has 0 bridgehead atoms. The number of aliphatic hydroxyl groups excluding tert-OH is 1. The van der Waals surface area contributed by atoms with Crippen molar-refractivity contribution >= 4 is 11.6 Å². The van der Waals surface area contributed by atoms with Crippen LogP contribution in [-0.4, -0.2) is 39.8 Å². The van der Waals surface area contributed by atoms with Crippen LogP contribution >= 0.6 is 0 Å². The lowest BCUT2D eigenvalue weighted by Crippen LogP contribution is -2.54. The number of ether oxygens (including phenoxy) is 1. The first kappa shape index (κ1) is 12.7. The predicted molar refractivity (Wildman–Crippen MR) is 65.0 cm³/mol. The smallest absolute Gasteiger partial charge is 0.245 e. The molecule has 1 spiro atoms. The molecule has 5 heteroatoms. The highest BCUT2D eigenvalue weighted by Crippen LogP contribution is 2.73. The number of hydrogen-bond donors (Lipinski definition) is 2. The Morgan fingerprint density at radius 2 is 2.21 bits per heavy atom. The summed E-state index contributed by atoms with van der Waals surface area (Å²) in [6, 6.07) is 0. The monoisotopic (exact) mass is 264 g/mol. The maximum Gasteiger partial charge on any atom is 0.245 e. The van der Waals surface area contributed by atoms with Gasteiger partial charge >= 0.3 is 0 Å². The summed E-state index contributed by atoms with van der Waals surface area (Å²) in [4.78, 5) is 24.7. The van der Waals surface area contributed by atoms with Gasteiger partial charge in [0.05, 0.1) is 12.2 Å². The van der Waals surface area contributed by atoms with Crippen molar-refractivity contribution in [3.05, 3.63) is 23.8 Å². The van der Waals surface area contributed by atoms with Gasteiger partial charge in [-0.1, -0.05) is 12.2 Å². The maximum absolute atomic E-state index is 12.4. The lowest BCUT2D eigenvalue weighted by Gasteiger charge is -2.35. The van der Waals surface area contributed by atoms with Crippen LogP contribution in [0.3, 0.4) is 0 Å². The molecular formula is C14H16O5. The van der Waals surface area contributed by atoms with Crippen molar-refractivity contribution in [1.82, 2.24) is 0 Å². The van der Waals surface area contributed by atoms with E-state index in [9.17, 15) is 19.8 Å². The van der Waals surface area contributed by atoms with Crippen molar-refractivity contribution in [2.45, 2.75) is 31.7 Å². The Bertz CT molecular complexity index is 548. The van der Waals surface area contributed by atoms with Crippen LogP contribution in [0.25, 0.3) is 0 Å². The number of ketones is 2. The molecular weight excluding hydrogens is 248 g/mol. The number of aliphatic hydroxyl groups is 2. The Hall–Kier alpha value is -1.30. The molecule has 2 N–H and O–H groups in total. The van der Waals surface area contributed by atoms with Crippen LogP contribution in [0, 0.1) is 11.3 Å². The van der Waals surface area contributed by atoms with Crippen LogP contribution in [0.4, 0.5) is 0 Å². The fourth-order valence-corrected chi connectivity index (χ4v) is 3.54. The molecule has 102 valence electrons. The van der Waals surface area contributed by atoms with Crippen LogP contribution in [0.5, 0.6) is 0 Å². The van der Waals surface area contributed by atoms with Crippen LogP contribution in [0.15, 0.2) is 23.8 Å². The summed E-state index contributed by atoms with van der Waals surface area (Å²) in [6.45, 7) is 3.01. The van der Waals surface area contributed by atoms with E-state index in [-0.39, 0.29) is 23.9 Å². The third-order valence-electron chi connectivity index (χ3n) is 4.64. The van der Waals surface area contributed by atoms with Crippen molar-refractivity contribution in [3.8, 4) is 0 Å². The molecule has 1 saturated carbocycles. The van der Waals surface area contributed by atoms with E-state index in [1.165, 1.54) is 12.2 Å². The molecule has 0 radical (unpaired) electrons. The van der Waals surface area contributed by atoms with Crippen molar-refractivity contribution in [2.24, 2.45) is 11.3 Å². The Morgan fingerprint density at radius 3 is 2.79 bits per heavy atom. The molecule has 3 rings (SSSR count). The largest absolute Gasteiger partial charge is 0.393 e. The minimum Gasteiger partial charge on any atom is -0.393 e. The van der Waals surface area contributed by atoms with E-state index in [0.717, 1.165) is 0 Å². The Kier molecular flexibility index (Phi) is 2.29. The van der Waals surface area contributed by atoms with Crippen LogP contribution in [-0.2, 0) is 14.3 Å². The normalized spacial score (nSPS) is 48.2. The predicted octanol–water partition coefficient (Wildman–Crippen LogP) is 0.117. The Labute approximate surface area is 110 Å². The van der Waals surface area contributed by atoms with Crippen LogP contribution in [0.1, 0.15) is 20.3 Å². The first-order chi connectivity index (χ1) is 8.85. The summed E-state index contributed by atoms with van der Waals surface area (Å²) in [6.07, 6.45) is 4.78. The fraction of sp³-hybridized carbons (Fsp3) is 0.571. The van der Waals surface area contributed by atoms with Gasteiger partial charge in [-0.05, 0) is 26.3 Å². The molecule has 0 amide bonds. The van der Waals surface area contributed by atoms with E-state index < -0.39 is 22.6 Å². The van der Waals surface area contributed by atoms with Gasteiger partial charge in [0, 0.05) is 11.5 Å². The highest BCUT2D eigenvalue weighted by Gasteiger charge is 2.85. The number of hydrogen-bond acceptors (Lipinski definition) is 5. The molecule has 1 aliphatic heterocycles. The van der Waals surface area contributed by atoms with E-state index in [0.29, 0.717) is 6.42 Å². The van der Waals surface area contributed by atoms with Crippen molar-refractivity contribution in [1.29, 1.82) is 0 Å². The van der Waals surface area contributed by atoms with Gasteiger partial charge in [0.1, 0.15) is 5.41 Å².